The minimum atomic E-state index is -1.00. The van der Waals surface area contributed by atoms with E-state index in [4.69, 9.17) is 5.11 Å². The van der Waals surface area contributed by atoms with E-state index >= 15 is 0 Å². The lowest BCUT2D eigenvalue weighted by atomic mass is 9.98. The van der Waals surface area contributed by atoms with Gasteiger partial charge in [-0.1, -0.05) is 0 Å². The molecule has 7 nitrogen and oxygen atoms in total. The largest absolute Gasteiger partial charge is 0.478 e. The van der Waals surface area contributed by atoms with E-state index < -0.39 is 5.97 Å². The minimum Gasteiger partial charge on any atom is -0.478 e. The maximum atomic E-state index is 12.9. The first-order valence-corrected chi connectivity index (χ1v) is 9.99. The highest BCUT2D eigenvalue weighted by molar-refractivity contribution is 7.09. The molecule has 0 bridgehead atoms. The predicted molar refractivity (Wildman–Crippen MR) is 105 cm³/mol. The second-order valence-electron chi connectivity index (χ2n) is 6.87. The Balaban J connectivity index is 1.50. The van der Waals surface area contributed by atoms with Gasteiger partial charge in [0.25, 0.3) is 5.91 Å². The van der Waals surface area contributed by atoms with Crippen LogP contribution in [-0.2, 0) is 0 Å². The molecule has 0 aliphatic carbocycles. The van der Waals surface area contributed by atoms with Gasteiger partial charge in [0.1, 0.15) is 5.56 Å². The number of thiazole rings is 1. The van der Waals surface area contributed by atoms with Crippen molar-refractivity contribution in [3.63, 3.8) is 0 Å². The molecule has 1 aliphatic rings. The van der Waals surface area contributed by atoms with Crippen LogP contribution in [0.1, 0.15) is 50.2 Å². The second kappa shape index (κ2) is 7.55. The lowest BCUT2D eigenvalue weighted by Gasteiger charge is -2.32. The highest BCUT2D eigenvalue weighted by Crippen LogP contribution is 2.29. The van der Waals surface area contributed by atoms with Crippen LogP contribution in [0.4, 0.5) is 0 Å². The van der Waals surface area contributed by atoms with Crippen LogP contribution in [0.3, 0.4) is 0 Å². The first-order chi connectivity index (χ1) is 13.5. The van der Waals surface area contributed by atoms with Crippen LogP contribution in [0.25, 0.3) is 5.69 Å². The fourth-order valence-electron chi connectivity index (χ4n) is 3.61. The molecule has 0 radical (unpaired) electrons. The number of amides is 1. The number of piperidine rings is 1. The molecule has 1 amide bonds. The number of aromatic nitrogens is 3. The van der Waals surface area contributed by atoms with Crippen molar-refractivity contribution in [1.29, 1.82) is 0 Å². The van der Waals surface area contributed by atoms with Gasteiger partial charge in [-0.15, -0.1) is 11.3 Å². The number of benzene rings is 1. The zero-order chi connectivity index (χ0) is 19.7. The first-order valence-electron chi connectivity index (χ1n) is 9.11. The number of nitrogens with zero attached hydrogens (tertiary/aromatic N) is 4. The Labute approximate surface area is 166 Å². The molecular weight excluding hydrogens is 376 g/mol. The topological polar surface area (TPSA) is 88.3 Å². The van der Waals surface area contributed by atoms with Crippen LogP contribution in [0.2, 0.25) is 0 Å². The maximum absolute atomic E-state index is 12.9. The average molecular weight is 396 g/mol. The van der Waals surface area contributed by atoms with Gasteiger partial charge in [0.2, 0.25) is 0 Å². The summed E-state index contributed by atoms with van der Waals surface area (Å²) in [4.78, 5) is 30.4. The number of rotatable bonds is 4. The molecule has 0 unspecified atom stereocenters. The van der Waals surface area contributed by atoms with E-state index in [1.807, 2.05) is 16.5 Å². The molecule has 1 atom stereocenters. The summed E-state index contributed by atoms with van der Waals surface area (Å²) >= 11 is 1.64. The number of carboxylic acids is 1. The Morgan fingerprint density at radius 1 is 1.25 bits per heavy atom. The van der Waals surface area contributed by atoms with Gasteiger partial charge in [0.15, 0.2) is 0 Å². The second-order valence-corrected chi connectivity index (χ2v) is 7.79. The fraction of sp³-hybridized carbons (Fsp3) is 0.300. The third-order valence-corrected chi connectivity index (χ3v) is 6.05. The molecule has 4 rings (SSSR count). The van der Waals surface area contributed by atoms with Crippen molar-refractivity contribution in [2.45, 2.75) is 25.7 Å². The molecule has 144 valence electrons. The summed E-state index contributed by atoms with van der Waals surface area (Å²) in [7, 11) is 0. The molecule has 3 aromatic rings. The summed E-state index contributed by atoms with van der Waals surface area (Å²) in [5, 5.41) is 16.4. The lowest BCUT2D eigenvalue weighted by molar-refractivity contribution is 0.0691. The van der Waals surface area contributed by atoms with E-state index in [0.717, 1.165) is 30.1 Å². The smallest absolute Gasteiger partial charge is 0.339 e. The molecule has 8 heteroatoms. The SMILES string of the molecule is Cc1c(C(=O)O)cnn1-c1ccc(C(=O)N2CCC[C@@H](c3nccs3)C2)cc1. The van der Waals surface area contributed by atoms with Crippen LogP contribution in [0.5, 0.6) is 0 Å². The first kappa shape index (κ1) is 18.4. The van der Waals surface area contributed by atoms with Gasteiger partial charge in [-0.05, 0) is 44.0 Å². The third-order valence-electron chi connectivity index (χ3n) is 5.11. The van der Waals surface area contributed by atoms with Crippen LogP contribution in [0, 0.1) is 6.92 Å². The molecule has 0 spiro atoms. The fourth-order valence-corrected chi connectivity index (χ4v) is 4.37. The highest BCUT2D eigenvalue weighted by atomic mass is 32.1. The van der Waals surface area contributed by atoms with Gasteiger partial charge < -0.3 is 10.0 Å². The van der Waals surface area contributed by atoms with Crippen LogP contribution in [-0.4, -0.2) is 49.7 Å². The third kappa shape index (κ3) is 3.43. The number of hydrogen-bond acceptors (Lipinski definition) is 5. The van der Waals surface area contributed by atoms with Crippen molar-refractivity contribution in [3.8, 4) is 5.69 Å². The van der Waals surface area contributed by atoms with Crippen molar-refractivity contribution in [3.05, 3.63) is 63.9 Å². The van der Waals surface area contributed by atoms with Crippen molar-refractivity contribution < 1.29 is 14.7 Å². The molecule has 1 aromatic carbocycles. The van der Waals surface area contributed by atoms with Gasteiger partial charge in [-0.25, -0.2) is 14.5 Å². The van der Waals surface area contributed by atoms with Gasteiger partial charge in [-0.2, -0.15) is 5.10 Å². The van der Waals surface area contributed by atoms with Crippen molar-refractivity contribution in [1.82, 2.24) is 19.7 Å². The van der Waals surface area contributed by atoms with E-state index in [1.165, 1.54) is 6.20 Å². The molecule has 0 saturated carbocycles. The van der Waals surface area contributed by atoms with Gasteiger partial charge >= 0.3 is 5.97 Å². The van der Waals surface area contributed by atoms with Crippen LogP contribution in [0.15, 0.2) is 42.0 Å². The number of carbonyl (C=O) groups excluding carboxylic acids is 1. The summed E-state index contributed by atoms with van der Waals surface area (Å²) in [6.07, 6.45) is 5.18. The molecule has 1 saturated heterocycles. The Morgan fingerprint density at radius 3 is 2.68 bits per heavy atom. The Kier molecular flexibility index (Phi) is 4.95. The van der Waals surface area contributed by atoms with Crippen molar-refractivity contribution in [2.24, 2.45) is 0 Å². The summed E-state index contributed by atoms with van der Waals surface area (Å²) in [6.45, 7) is 3.15. The maximum Gasteiger partial charge on any atom is 0.339 e. The molecular formula is C20H20N4O3S. The monoisotopic (exact) mass is 396 g/mol. The summed E-state index contributed by atoms with van der Waals surface area (Å²) in [6, 6.07) is 7.13. The quantitative estimate of drug-likeness (QED) is 0.731. The molecule has 2 aromatic heterocycles. The van der Waals surface area contributed by atoms with Crippen LogP contribution >= 0.6 is 11.3 Å². The lowest BCUT2D eigenvalue weighted by Crippen LogP contribution is -2.39. The van der Waals surface area contributed by atoms with E-state index in [-0.39, 0.29) is 11.5 Å². The van der Waals surface area contributed by atoms with E-state index in [1.54, 1.807) is 47.2 Å². The van der Waals surface area contributed by atoms with Crippen molar-refractivity contribution >= 4 is 23.2 Å². The summed E-state index contributed by atoms with van der Waals surface area (Å²) in [5.41, 5.74) is 2.06. The number of likely N-dealkylation sites (tertiary alicyclic amines) is 1. The highest BCUT2D eigenvalue weighted by Gasteiger charge is 2.27. The number of carbonyl (C=O) groups is 2. The average Bonchev–Trinajstić information content (AvgIpc) is 3.38. The Hall–Kier alpha value is -3.00. The predicted octanol–water partition coefficient (Wildman–Crippen LogP) is 3.36. The summed E-state index contributed by atoms with van der Waals surface area (Å²) in [5.74, 6) is -0.690. The standard InChI is InChI=1S/C20H20N4O3S/c1-13-17(20(26)27)11-22-24(13)16-6-4-14(5-7-16)19(25)23-9-2-3-15(12-23)18-21-8-10-28-18/h4-8,10-11,15H,2-3,9,12H2,1H3,(H,26,27)/t15-/m1/s1. The molecule has 1 fully saturated rings. The van der Waals surface area contributed by atoms with E-state index in [0.29, 0.717) is 23.7 Å². The van der Waals surface area contributed by atoms with Gasteiger partial charge in [-0.3, -0.25) is 4.79 Å². The molecule has 28 heavy (non-hydrogen) atoms. The number of hydrogen-bond donors (Lipinski definition) is 1. The zero-order valence-corrected chi connectivity index (χ0v) is 16.2. The molecule has 1 N–H and O–H groups in total. The Bertz CT molecular complexity index is 995. The van der Waals surface area contributed by atoms with Crippen LogP contribution < -0.4 is 0 Å². The molecule has 3 heterocycles. The molecule has 1 aliphatic heterocycles. The van der Waals surface area contributed by atoms with E-state index in [2.05, 4.69) is 10.1 Å². The van der Waals surface area contributed by atoms with Gasteiger partial charge in [0, 0.05) is 36.1 Å². The number of aromatic carboxylic acids is 1. The normalized spacial score (nSPS) is 16.9. The van der Waals surface area contributed by atoms with Crippen molar-refractivity contribution in [2.75, 3.05) is 13.1 Å². The van der Waals surface area contributed by atoms with E-state index in [9.17, 15) is 9.59 Å². The summed E-state index contributed by atoms with van der Waals surface area (Å²) < 4.78 is 1.57. The van der Waals surface area contributed by atoms with Gasteiger partial charge in [0.05, 0.1) is 22.6 Å². The zero-order valence-electron chi connectivity index (χ0n) is 15.4. The number of carboxylic acid groups (broad SMARTS) is 1. The minimum absolute atomic E-state index is 0.0104. The Morgan fingerprint density at radius 2 is 2.04 bits per heavy atom.